The number of benzene rings is 2. The highest BCUT2D eigenvalue weighted by Gasteiger charge is 2.28. The first kappa shape index (κ1) is 21.3. The van der Waals surface area contributed by atoms with E-state index in [1.54, 1.807) is 31.2 Å². The first-order valence-corrected chi connectivity index (χ1v) is 11.0. The molecule has 2 aromatic rings. The summed E-state index contributed by atoms with van der Waals surface area (Å²) in [7, 11) is -3.62. The minimum Gasteiger partial charge on any atom is -0.354 e. The average Bonchev–Trinajstić information content (AvgIpc) is 2.59. The van der Waals surface area contributed by atoms with Gasteiger partial charge < -0.3 is 5.32 Å². The van der Waals surface area contributed by atoms with Gasteiger partial charge in [-0.3, -0.25) is 9.10 Å². The van der Waals surface area contributed by atoms with Crippen LogP contribution in [0.15, 0.2) is 48.5 Å². The van der Waals surface area contributed by atoms with Gasteiger partial charge in [-0.1, -0.05) is 41.4 Å². The second-order valence-corrected chi connectivity index (χ2v) is 8.89. The van der Waals surface area contributed by atoms with Gasteiger partial charge >= 0.3 is 0 Å². The quantitative estimate of drug-likeness (QED) is 0.679. The summed E-state index contributed by atoms with van der Waals surface area (Å²) < 4.78 is 25.6. The molecule has 1 unspecified atom stereocenters. The van der Waals surface area contributed by atoms with E-state index in [1.165, 1.54) is 11.1 Å². The zero-order valence-electron chi connectivity index (χ0n) is 15.8. The molecule has 0 aliphatic carbocycles. The minimum absolute atomic E-state index is 0.334. The molecule has 0 saturated heterocycles. The van der Waals surface area contributed by atoms with Crippen LogP contribution >= 0.6 is 11.6 Å². The Morgan fingerprint density at radius 1 is 1.19 bits per heavy atom. The number of rotatable bonds is 8. The summed E-state index contributed by atoms with van der Waals surface area (Å²) in [6.07, 6.45) is 2.72. The zero-order chi connectivity index (χ0) is 20.0. The third-order valence-corrected chi connectivity index (χ3v) is 5.69. The van der Waals surface area contributed by atoms with E-state index in [4.69, 9.17) is 11.6 Å². The molecule has 2 aromatic carbocycles. The highest BCUT2D eigenvalue weighted by atomic mass is 35.5. The summed E-state index contributed by atoms with van der Waals surface area (Å²) in [5.41, 5.74) is 2.83. The first-order chi connectivity index (χ1) is 12.7. The largest absolute Gasteiger partial charge is 0.354 e. The van der Waals surface area contributed by atoms with Crippen molar-refractivity contribution in [3.63, 3.8) is 0 Å². The summed E-state index contributed by atoms with van der Waals surface area (Å²) in [5.74, 6) is -0.334. The van der Waals surface area contributed by atoms with Crippen LogP contribution < -0.4 is 9.62 Å². The van der Waals surface area contributed by atoms with Gasteiger partial charge in [-0.15, -0.1) is 0 Å². The monoisotopic (exact) mass is 408 g/mol. The number of amides is 1. The fourth-order valence-corrected chi connectivity index (χ4v) is 4.22. The molecule has 0 heterocycles. The van der Waals surface area contributed by atoms with Crippen LogP contribution in [0, 0.1) is 6.92 Å². The number of nitrogens with zero attached hydrogens (tertiary/aromatic N) is 1. The van der Waals surface area contributed by atoms with E-state index in [0.29, 0.717) is 17.3 Å². The van der Waals surface area contributed by atoms with E-state index in [-0.39, 0.29) is 5.91 Å². The number of halogens is 1. The second kappa shape index (κ2) is 9.24. The van der Waals surface area contributed by atoms with Gasteiger partial charge in [0.05, 0.1) is 11.9 Å². The van der Waals surface area contributed by atoms with Crippen LogP contribution in [0.25, 0.3) is 0 Å². The molecule has 0 radical (unpaired) electrons. The van der Waals surface area contributed by atoms with Crippen LogP contribution in [0.4, 0.5) is 5.69 Å². The topological polar surface area (TPSA) is 66.5 Å². The molecule has 0 fully saturated rings. The lowest BCUT2D eigenvalue weighted by atomic mass is 10.1. The van der Waals surface area contributed by atoms with Crippen molar-refractivity contribution < 1.29 is 13.2 Å². The highest BCUT2D eigenvalue weighted by Crippen LogP contribution is 2.23. The summed E-state index contributed by atoms with van der Waals surface area (Å²) in [4.78, 5) is 12.5. The molecule has 0 spiro atoms. The van der Waals surface area contributed by atoms with Crippen LogP contribution in [0.3, 0.4) is 0 Å². The van der Waals surface area contributed by atoms with E-state index >= 15 is 0 Å². The van der Waals surface area contributed by atoms with Crippen LogP contribution in [-0.4, -0.2) is 33.2 Å². The number of hydrogen-bond acceptors (Lipinski definition) is 3. The Bertz CT molecular complexity index is 882. The lowest BCUT2D eigenvalue weighted by Crippen LogP contribution is -2.48. The molecule has 1 amide bonds. The van der Waals surface area contributed by atoms with Gasteiger partial charge in [0, 0.05) is 11.6 Å². The van der Waals surface area contributed by atoms with E-state index in [0.717, 1.165) is 23.4 Å². The zero-order valence-corrected chi connectivity index (χ0v) is 17.3. The van der Waals surface area contributed by atoms with E-state index in [1.807, 2.05) is 19.1 Å². The SMILES string of the molecule is Cc1cccc(CCCNC(=O)C(C)N(c2ccc(Cl)cc2)S(C)(=O)=O)c1. The third kappa shape index (κ3) is 6.26. The maximum absolute atomic E-state index is 12.5. The predicted octanol–water partition coefficient (Wildman–Crippen LogP) is 3.55. The molecule has 1 atom stereocenters. The van der Waals surface area contributed by atoms with Crippen LogP contribution in [0.1, 0.15) is 24.5 Å². The maximum Gasteiger partial charge on any atom is 0.243 e. The van der Waals surface area contributed by atoms with Gasteiger partial charge in [0.15, 0.2) is 0 Å². The Morgan fingerprint density at radius 3 is 2.44 bits per heavy atom. The average molecular weight is 409 g/mol. The molecule has 5 nitrogen and oxygen atoms in total. The Morgan fingerprint density at radius 2 is 1.85 bits per heavy atom. The lowest BCUT2D eigenvalue weighted by molar-refractivity contribution is -0.121. The standard InChI is InChI=1S/C20H25ClN2O3S/c1-15-6-4-7-17(14-15)8-5-13-22-20(24)16(2)23(27(3,25)26)19-11-9-18(21)10-12-19/h4,6-7,9-12,14,16H,5,8,13H2,1-3H3,(H,22,24). The predicted molar refractivity (Wildman–Crippen MR) is 111 cm³/mol. The molecule has 1 N–H and O–H groups in total. The third-order valence-electron chi connectivity index (χ3n) is 4.19. The van der Waals surface area contributed by atoms with Crippen LogP contribution in [0.5, 0.6) is 0 Å². The van der Waals surface area contributed by atoms with Crippen molar-refractivity contribution in [2.24, 2.45) is 0 Å². The van der Waals surface area contributed by atoms with Crippen molar-refractivity contribution in [3.05, 3.63) is 64.7 Å². The van der Waals surface area contributed by atoms with Gasteiger partial charge in [-0.05, 0) is 56.5 Å². The van der Waals surface area contributed by atoms with E-state index < -0.39 is 16.1 Å². The molecule has 0 aliphatic rings. The number of carbonyl (C=O) groups is 1. The molecule has 0 aromatic heterocycles. The Labute approximate surface area is 166 Å². The molecule has 0 aliphatic heterocycles. The molecule has 27 heavy (non-hydrogen) atoms. The van der Waals surface area contributed by atoms with Crippen molar-refractivity contribution in [2.45, 2.75) is 32.7 Å². The van der Waals surface area contributed by atoms with E-state index in [9.17, 15) is 13.2 Å². The van der Waals surface area contributed by atoms with Crippen LogP contribution in [-0.2, 0) is 21.2 Å². The number of aryl methyl sites for hydroxylation is 2. The number of nitrogens with one attached hydrogen (secondary N) is 1. The second-order valence-electron chi connectivity index (χ2n) is 6.59. The van der Waals surface area contributed by atoms with Gasteiger partial charge in [0.1, 0.15) is 6.04 Å². The maximum atomic E-state index is 12.5. The number of anilines is 1. The fourth-order valence-electron chi connectivity index (χ4n) is 2.92. The van der Waals surface area contributed by atoms with Crippen LogP contribution in [0.2, 0.25) is 5.02 Å². The Kier molecular flexibility index (Phi) is 7.27. The highest BCUT2D eigenvalue weighted by molar-refractivity contribution is 7.92. The van der Waals surface area contributed by atoms with Crippen molar-refractivity contribution in [3.8, 4) is 0 Å². The fraction of sp³-hybridized carbons (Fsp3) is 0.350. The molecular formula is C20H25ClN2O3S. The first-order valence-electron chi connectivity index (χ1n) is 8.76. The van der Waals surface area contributed by atoms with Gasteiger partial charge in [0.25, 0.3) is 0 Å². The molecule has 0 saturated carbocycles. The van der Waals surface area contributed by atoms with Crippen molar-refractivity contribution >= 4 is 33.2 Å². The van der Waals surface area contributed by atoms with Gasteiger partial charge in [-0.25, -0.2) is 8.42 Å². The van der Waals surface area contributed by atoms with Crippen molar-refractivity contribution in [1.29, 1.82) is 0 Å². The lowest BCUT2D eigenvalue weighted by Gasteiger charge is -2.28. The number of hydrogen-bond donors (Lipinski definition) is 1. The normalized spacial score (nSPS) is 12.4. The molecule has 0 bridgehead atoms. The van der Waals surface area contributed by atoms with E-state index in [2.05, 4.69) is 17.4 Å². The van der Waals surface area contributed by atoms with Crippen molar-refractivity contribution in [1.82, 2.24) is 5.32 Å². The summed E-state index contributed by atoms with van der Waals surface area (Å²) >= 11 is 5.87. The minimum atomic E-state index is -3.62. The molecule has 7 heteroatoms. The number of sulfonamides is 1. The molecular weight excluding hydrogens is 384 g/mol. The van der Waals surface area contributed by atoms with Gasteiger partial charge in [0.2, 0.25) is 15.9 Å². The Hall–Kier alpha value is -2.05. The van der Waals surface area contributed by atoms with Crippen molar-refractivity contribution in [2.75, 3.05) is 17.1 Å². The summed E-state index contributed by atoms with van der Waals surface area (Å²) in [6, 6.07) is 13.8. The van der Waals surface area contributed by atoms with Gasteiger partial charge in [-0.2, -0.15) is 0 Å². The summed E-state index contributed by atoms with van der Waals surface area (Å²) in [6.45, 7) is 4.10. The summed E-state index contributed by atoms with van der Waals surface area (Å²) in [5, 5.41) is 3.33. The molecule has 146 valence electrons. The smallest absolute Gasteiger partial charge is 0.243 e. The Balaban J connectivity index is 1.97. The molecule has 2 rings (SSSR count). The number of carbonyl (C=O) groups excluding carboxylic acids is 1.